The highest BCUT2D eigenvalue weighted by Gasteiger charge is 2.16. The van der Waals surface area contributed by atoms with Crippen molar-refractivity contribution in [3.63, 3.8) is 0 Å². The zero-order valence-electron chi connectivity index (χ0n) is 10.9. The lowest BCUT2D eigenvalue weighted by molar-refractivity contribution is -0.384. The molecule has 1 aromatic rings. The monoisotopic (exact) mass is 266 g/mol. The Morgan fingerprint density at radius 3 is 2.79 bits per heavy atom. The predicted molar refractivity (Wildman–Crippen MR) is 71.7 cm³/mol. The summed E-state index contributed by atoms with van der Waals surface area (Å²) in [6.07, 6.45) is 1.96. The molecule has 0 radical (unpaired) electrons. The molecule has 2 rings (SSSR count). The molecule has 0 atom stereocenters. The summed E-state index contributed by atoms with van der Waals surface area (Å²) in [6, 6.07) is 4.72. The number of nitrogens with zero attached hydrogens (tertiary/aromatic N) is 1. The van der Waals surface area contributed by atoms with E-state index in [4.69, 9.17) is 9.47 Å². The van der Waals surface area contributed by atoms with Gasteiger partial charge in [-0.1, -0.05) is 0 Å². The summed E-state index contributed by atoms with van der Waals surface area (Å²) in [7, 11) is 1.72. The van der Waals surface area contributed by atoms with E-state index in [9.17, 15) is 10.1 Å². The number of hydrogen-bond acceptors (Lipinski definition) is 5. The first-order valence-corrected chi connectivity index (χ1v) is 6.37. The second-order valence-corrected chi connectivity index (χ2v) is 4.59. The molecule has 1 aromatic carbocycles. The largest absolute Gasteiger partial charge is 0.493 e. The van der Waals surface area contributed by atoms with Gasteiger partial charge in [0.25, 0.3) is 5.69 Å². The lowest BCUT2D eigenvalue weighted by atomic mass is 10.0. The van der Waals surface area contributed by atoms with Crippen LogP contribution in [0.1, 0.15) is 12.8 Å². The molecule has 0 bridgehead atoms. The van der Waals surface area contributed by atoms with Gasteiger partial charge in [-0.2, -0.15) is 0 Å². The number of hydrogen-bond donors (Lipinski definition) is 1. The van der Waals surface area contributed by atoms with Crippen LogP contribution in [0.15, 0.2) is 18.2 Å². The number of nitro benzene ring substituents is 1. The molecule has 1 N–H and O–H groups in total. The molecular formula is C13H18N2O4. The van der Waals surface area contributed by atoms with Crippen LogP contribution in [0.4, 0.5) is 11.4 Å². The van der Waals surface area contributed by atoms with Gasteiger partial charge in [0, 0.05) is 38.1 Å². The fraction of sp³-hybridized carbons (Fsp3) is 0.538. The second-order valence-electron chi connectivity index (χ2n) is 4.59. The van der Waals surface area contributed by atoms with Gasteiger partial charge in [-0.3, -0.25) is 10.1 Å². The third kappa shape index (κ3) is 3.82. The number of nitrogens with one attached hydrogen (secondary N) is 1. The number of anilines is 1. The van der Waals surface area contributed by atoms with Crippen molar-refractivity contribution in [1.29, 1.82) is 0 Å². The molecule has 1 aliphatic rings. The predicted octanol–water partition coefficient (Wildman–Crippen LogP) is 2.44. The first-order valence-electron chi connectivity index (χ1n) is 6.37. The summed E-state index contributed by atoms with van der Waals surface area (Å²) in [5.74, 6) is 0.996. The van der Waals surface area contributed by atoms with E-state index in [-0.39, 0.29) is 5.69 Å². The number of ether oxygens (including phenoxy) is 2. The van der Waals surface area contributed by atoms with Gasteiger partial charge in [-0.15, -0.1) is 0 Å². The summed E-state index contributed by atoms with van der Waals surface area (Å²) in [5.41, 5.74) is 0.713. The van der Waals surface area contributed by atoms with E-state index in [1.807, 2.05) is 0 Å². The minimum atomic E-state index is -0.415. The average Bonchev–Trinajstić information content (AvgIpc) is 2.45. The van der Waals surface area contributed by atoms with Gasteiger partial charge < -0.3 is 14.8 Å². The molecule has 0 spiro atoms. The summed E-state index contributed by atoms with van der Waals surface area (Å²) >= 11 is 0. The van der Waals surface area contributed by atoms with E-state index in [0.29, 0.717) is 24.0 Å². The highest BCUT2D eigenvalue weighted by atomic mass is 16.6. The zero-order chi connectivity index (χ0) is 13.7. The molecule has 0 aliphatic carbocycles. The van der Waals surface area contributed by atoms with E-state index in [0.717, 1.165) is 26.1 Å². The number of nitro groups is 1. The molecule has 1 aliphatic heterocycles. The zero-order valence-corrected chi connectivity index (χ0v) is 10.9. The second kappa shape index (κ2) is 6.38. The lowest BCUT2D eigenvalue weighted by Crippen LogP contribution is -2.21. The minimum absolute atomic E-state index is 0.0360. The Hall–Kier alpha value is -1.82. The fourth-order valence-corrected chi connectivity index (χ4v) is 2.04. The SMILES string of the molecule is CNc1cc(OCC2CCOCC2)cc([N+](=O)[O-])c1. The minimum Gasteiger partial charge on any atom is -0.493 e. The van der Waals surface area contributed by atoms with Gasteiger partial charge in [0.15, 0.2) is 0 Å². The molecule has 1 fully saturated rings. The van der Waals surface area contributed by atoms with Crippen molar-refractivity contribution in [3.8, 4) is 5.75 Å². The van der Waals surface area contributed by atoms with Crippen molar-refractivity contribution in [2.24, 2.45) is 5.92 Å². The molecule has 0 amide bonds. The van der Waals surface area contributed by atoms with Gasteiger partial charge in [0.2, 0.25) is 0 Å². The quantitative estimate of drug-likeness (QED) is 0.654. The van der Waals surface area contributed by atoms with Crippen LogP contribution in [0.25, 0.3) is 0 Å². The molecule has 0 unspecified atom stereocenters. The van der Waals surface area contributed by atoms with E-state index < -0.39 is 4.92 Å². The fourth-order valence-electron chi connectivity index (χ4n) is 2.04. The third-order valence-corrected chi connectivity index (χ3v) is 3.22. The van der Waals surface area contributed by atoms with Gasteiger partial charge in [0.1, 0.15) is 5.75 Å². The van der Waals surface area contributed by atoms with Crippen LogP contribution in [0.5, 0.6) is 5.75 Å². The van der Waals surface area contributed by atoms with E-state index >= 15 is 0 Å². The number of non-ortho nitro benzene ring substituents is 1. The molecule has 1 saturated heterocycles. The van der Waals surface area contributed by atoms with Crippen molar-refractivity contribution in [3.05, 3.63) is 28.3 Å². The highest BCUT2D eigenvalue weighted by Crippen LogP contribution is 2.26. The first-order chi connectivity index (χ1) is 9.19. The van der Waals surface area contributed by atoms with Gasteiger partial charge >= 0.3 is 0 Å². The van der Waals surface area contributed by atoms with Gasteiger partial charge in [-0.25, -0.2) is 0 Å². The maximum atomic E-state index is 10.8. The van der Waals surface area contributed by atoms with Crippen LogP contribution in [0.2, 0.25) is 0 Å². The Morgan fingerprint density at radius 1 is 1.42 bits per heavy atom. The van der Waals surface area contributed by atoms with Crippen LogP contribution < -0.4 is 10.1 Å². The Balaban J connectivity index is 2.02. The Bertz CT molecular complexity index is 444. The summed E-state index contributed by atoms with van der Waals surface area (Å²) in [5, 5.41) is 13.7. The van der Waals surface area contributed by atoms with Crippen molar-refractivity contribution in [2.75, 3.05) is 32.2 Å². The van der Waals surface area contributed by atoms with Crippen LogP contribution in [0, 0.1) is 16.0 Å². The molecule has 1 heterocycles. The topological polar surface area (TPSA) is 73.6 Å². The first kappa shape index (κ1) is 13.6. The van der Waals surface area contributed by atoms with Crippen molar-refractivity contribution >= 4 is 11.4 Å². The normalized spacial score (nSPS) is 16.1. The van der Waals surface area contributed by atoms with E-state index in [1.165, 1.54) is 12.1 Å². The number of benzene rings is 1. The molecule has 104 valence electrons. The van der Waals surface area contributed by atoms with Crippen LogP contribution in [-0.4, -0.2) is 31.8 Å². The smallest absolute Gasteiger partial charge is 0.275 e. The van der Waals surface area contributed by atoms with Crippen LogP contribution >= 0.6 is 0 Å². The Morgan fingerprint density at radius 2 is 2.16 bits per heavy atom. The van der Waals surface area contributed by atoms with Crippen molar-refractivity contribution in [2.45, 2.75) is 12.8 Å². The molecule has 6 heteroatoms. The molecule has 6 nitrogen and oxygen atoms in total. The van der Waals surface area contributed by atoms with Crippen LogP contribution in [0.3, 0.4) is 0 Å². The molecule has 0 saturated carbocycles. The molecular weight excluding hydrogens is 248 g/mol. The Kier molecular flexibility index (Phi) is 4.57. The van der Waals surface area contributed by atoms with Crippen molar-refractivity contribution < 1.29 is 14.4 Å². The van der Waals surface area contributed by atoms with Gasteiger partial charge in [0.05, 0.1) is 17.6 Å². The molecule has 19 heavy (non-hydrogen) atoms. The van der Waals surface area contributed by atoms with Gasteiger partial charge in [-0.05, 0) is 18.8 Å². The van der Waals surface area contributed by atoms with E-state index in [2.05, 4.69) is 5.32 Å². The summed E-state index contributed by atoms with van der Waals surface area (Å²) in [4.78, 5) is 10.4. The van der Waals surface area contributed by atoms with Crippen molar-refractivity contribution in [1.82, 2.24) is 0 Å². The summed E-state index contributed by atoms with van der Waals surface area (Å²) < 4.78 is 11.0. The average molecular weight is 266 g/mol. The maximum absolute atomic E-state index is 10.8. The Labute approximate surface area is 111 Å². The molecule has 0 aromatic heterocycles. The lowest BCUT2D eigenvalue weighted by Gasteiger charge is -2.22. The van der Waals surface area contributed by atoms with E-state index in [1.54, 1.807) is 13.1 Å². The third-order valence-electron chi connectivity index (χ3n) is 3.22. The van der Waals surface area contributed by atoms with Crippen LogP contribution in [-0.2, 0) is 4.74 Å². The maximum Gasteiger partial charge on any atom is 0.275 e. The number of rotatable bonds is 5. The summed E-state index contributed by atoms with van der Waals surface area (Å²) in [6.45, 7) is 2.11. The highest BCUT2D eigenvalue weighted by molar-refractivity contribution is 5.56. The standard InChI is InChI=1S/C13H18N2O4/c1-14-11-6-12(15(16)17)8-13(7-11)19-9-10-2-4-18-5-3-10/h6-8,10,14H,2-5,9H2,1H3.